The second-order valence-corrected chi connectivity index (χ2v) is 9.14. The van der Waals surface area contributed by atoms with Gasteiger partial charge in [0, 0.05) is 48.8 Å². The van der Waals surface area contributed by atoms with E-state index in [0.717, 1.165) is 11.3 Å². The van der Waals surface area contributed by atoms with Crippen LogP contribution in [0.4, 0.5) is 42.7 Å². The number of aromatic nitrogens is 3. The first-order chi connectivity index (χ1) is 16.6. The molecule has 0 radical (unpaired) electrons. The van der Waals surface area contributed by atoms with E-state index >= 15 is 0 Å². The SMILES string of the molecule is CCN1C(=O)N(c2ccc(F)c(NC(=O)Nc3cn(C(C)(C)C)cn3)c2)Cc2cnc(NC)cc21. The number of benzene rings is 1. The number of carbonyl (C=O) groups is 2. The Labute approximate surface area is 203 Å². The molecule has 4 rings (SSSR count). The molecule has 0 saturated carbocycles. The van der Waals surface area contributed by atoms with Gasteiger partial charge in [0.15, 0.2) is 5.82 Å². The number of hydrogen-bond acceptors (Lipinski definition) is 5. The molecule has 11 heteroatoms. The largest absolute Gasteiger partial charge is 0.373 e. The Bertz CT molecular complexity index is 1270. The number of fused-ring (bicyclic) bond motifs is 1. The first-order valence-corrected chi connectivity index (χ1v) is 11.3. The summed E-state index contributed by atoms with van der Waals surface area (Å²) in [5.41, 5.74) is 1.84. The zero-order chi connectivity index (χ0) is 25.3. The van der Waals surface area contributed by atoms with E-state index in [1.165, 1.54) is 23.1 Å². The average Bonchev–Trinajstić information content (AvgIpc) is 3.29. The summed E-state index contributed by atoms with van der Waals surface area (Å²) in [6, 6.07) is 5.11. The monoisotopic (exact) mass is 480 g/mol. The number of hydrogen-bond donors (Lipinski definition) is 3. The summed E-state index contributed by atoms with van der Waals surface area (Å²) < 4.78 is 16.4. The number of amides is 4. The fourth-order valence-electron chi connectivity index (χ4n) is 3.78. The number of pyridine rings is 1. The quantitative estimate of drug-likeness (QED) is 0.485. The molecule has 1 aliphatic rings. The minimum Gasteiger partial charge on any atom is -0.373 e. The Balaban J connectivity index is 1.55. The van der Waals surface area contributed by atoms with Gasteiger partial charge in [-0.2, -0.15) is 0 Å². The van der Waals surface area contributed by atoms with E-state index in [2.05, 4.69) is 25.9 Å². The molecule has 0 fully saturated rings. The Morgan fingerprint density at radius 1 is 1.14 bits per heavy atom. The van der Waals surface area contributed by atoms with E-state index in [-0.39, 0.29) is 23.8 Å². The fraction of sp³-hybridized carbons (Fsp3) is 0.333. The van der Waals surface area contributed by atoms with Crippen molar-refractivity contribution in [3.8, 4) is 0 Å². The average molecular weight is 481 g/mol. The molecule has 184 valence electrons. The molecule has 3 heterocycles. The molecule has 0 saturated heterocycles. The van der Waals surface area contributed by atoms with Gasteiger partial charge < -0.3 is 15.2 Å². The summed E-state index contributed by atoms with van der Waals surface area (Å²) in [4.78, 5) is 37.5. The summed E-state index contributed by atoms with van der Waals surface area (Å²) in [5, 5.41) is 8.10. The van der Waals surface area contributed by atoms with Gasteiger partial charge in [-0.3, -0.25) is 15.1 Å². The smallest absolute Gasteiger partial charge is 0.329 e. The Kier molecular flexibility index (Phi) is 6.33. The topological polar surface area (TPSA) is 107 Å². The molecule has 3 aromatic rings. The third-order valence-corrected chi connectivity index (χ3v) is 5.72. The van der Waals surface area contributed by atoms with E-state index in [1.807, 2.05) is 38.3 Å². The molecule has 0 atom stereocenters. The Morgan fingerprint density at radius 2 is 1.91 bits per heavy atom. The van der Waals surface area contributed by atoms with Gasteiger partial charge in [-0.25, -0.2) is 23.9 Å². The highest BCUT2D eigenvalue weighted by Gasteiger charge is 2.31. The summed E-state index contributed by atoms with van der Waals surface area (Å²) in [5.74, 6) is 0.376. The van der Waals surface area contributed by atoms with Crippen LogP contribution in [0.1, 0.15) is 33.3 Å². The van der Waals surface area contributed by atoms with Crippen molar-refractivity contribution in [3.05, 3.63) is 54.4 Å². The first kappa shape index (κ1) is 24.0. The van der Waals surface area contributed by atoms with Crippen LogP contribution in [0.25, 0.3) is 0 Å². The molecule has 35 heavy (non-hydrogen) atoms. The molecule has 2 aromatic heterocycles. The number of nitrogens with one attached hydrogen (secondary N) is 3. The molecule has 10 nitrogen and oxygen atoms in total. The second kappa shape index (κ2) is 9.24. The second-order valence-electron chi connectivity index (χ2n) is 9.14. The number of imidazole rings is 1. The highest BCUT2D eigenvalue weighted by molar-refractivity contribution is 6.07. The van der Waals surface area contributed by atoms with E-state index in [4.69, 9.17) is 0 Å². The molecule has 0 aliphatic carbocycles. The number of rotatable bonds is 5. The predicted molar refractivity (Wildman–Crippen MR) is 135 cm³/mol. The Hall–Kier alpha value is -4.15. The van der Waals surface area contributed by atoms with Crippen molar-refractivity contribution >= 4 is 40.8 Å². The number of urea groups is 2. The highest BCUT2D eigenvalue weighted by atomic mass is 19.1. The minimum atomic E-state index is -0.644. The Morgan fingerprint density at radius 3 is 2.57 bits per heavy atom. The zero-order valence-electron chi connectivity index (χ0n) is 20.4. The lowest BCUT2D eigenvalue weighted by Gasteiger charge is -2.36. The van der Waals surface area contributed by atoms with Gasteiger partial charge in [-0.15, -0.1) is 0 Å². The summed E-state index contributed by atoms with van der Waals surface area (Å²) in [6.45, 7) is 8.63. The van der Waals surface area contributed by atoms with Crippen LogP contribution >= 0.6 is 0 Å². The first-order valence-electron chi connectivity index (χ1n) is 11.3. The lowest BCUT2D eigenvalue weighted by Crippen LogP contribution is -2.47. The fourth-order valence-corrected chi connectivity index (χ4v) is 3.78. The zero-order valence-corrected chi connectivity index (χ0v) is 20.4. The molecule has 4 amide bonds. The normalized spacial score (nSPS) is 13.5. The van der Waals surface area contributed by atoms with Crippen LogP contribution < -0.4 is 25.8 Å². The van der Waals surface area contributed by atoms with Gasteiger partial charge in [-0.1, -0.05) is 0 Å². The maximum atomic E-state index is 14.6. The van der Waals surface area contributed by atoms with Gasteiger partial charge in [0.05, 0.1) is 24.2 Å². The standard InChI is InChI=1S/C24H29FN8O2/c1-6-32-19-10-20(26-5)27-11-15(19)12-33(23(32)35)16-7-8-17(25)18(9-16)29-22(34)30-21-13-31(14-28-21)24(2,3)4/h7-11,13-14H,6,12H2,1-5H3,(H,26,27)(H2,29,30,34). The predicted octanol–water partition coefficient (Wildman–Crippen LogP) is 4.82. The van der Waals surface area contributed by atoms with Crippen molar-refractivity contribution in [3.63, 3.8) is 0 Å². The summed E-state index contributed by atoms with van der Waals surface area (Å²) in [7, 11) is 1.77. The van der Waals surface area contributed by atoms with Crippen LogP contribution in [0, 0.1) is 5.82 Å². The number of carbonyl (C=O) groups excluding carboxylic acids is 2. The van der Waals surface area contributed by atoms with Gasteiger partial charge >= 0.3 is 12.1 Å². The number of halogens is 1. The molecule has 3 N–H and O–H groups in total. The third kappa shape index (κ3) is 4.88. The molecule has 1 aromatic carbocycles. The van der Waals surface area contributed by atoms with Crippen LogP contribution in [-0.4, -0.2) is 40.2 Å². The third-order valence-electron chi connectivity index (χ3n) is 5.72. The minimum absolute atomic E-state index is 0.0550. The van der Waals surface area contributed by atoms with Crippen LogP contribution in [-0.2, 0) is 12.1 Å². The molecule has 1 aliphatic heterocycles. The van der Waals surface area contributed by atoms with Crippen molar-refractivity contribution in [2.45, 2.75) is 39.8 Å². The molecular weight excluding hydrogens is 451 g/mol. The van der Waals surface area contributed by atoms with E-state index < -0.39 is 11.8 Å². The van der Waals surface area contributed by atoms with E-state index in [9.17, 15) is 14.0 Å². The molecular formula is C24H29FN8O2. The van der Waals surface area contributed by atoms with Crippen molar-refractivity contribution in [2.75, 3.05) is 39.3 Å². The number of nitrogens with zero attached hydrogens (tertiary/aromatic N) is 5. The highest BCUT2D eigenvalue weighted by Crippen LogP contribution is 2.34. The van der Waals surface area contributed by atoms with Crippen LogP contribution in [0.5, 0.6) is 0 Å². The summed E-state index contributed by atoms with van der Waals surface area (Å²) in [6.07, 6.45) is 5.03. The van der Waals surface area contributed by atoms with E-state index in [1.54, 1.807) is 30.7 Å². The lowest BCUT2D eigenvalue weighted by molar-refractivity contribution is 0.250. The van der Waals surface area contributed by atoms with Crippen molar-refractivity contribution in [2.24, 2.45) is 0 Å². The molecule has 0 unspecified atom stereocenters. The molecule has 0 bridgehead atoms. The summed E-state index contributed by atoms with van der Waals surface area (Å²) >= 11 is 0. The molecule has 0 spiro atoms. The van der Waals surface area contributed by atoms with Crippen molar-refractivity contribution in [1.82, 2.24) is 14.5 Å². The van der Waals surface area contributed by atoms with Gasteiger partial charge in [0.1, 0.15) is 11.6 Å². The van der Waals surface area contributed by atoms with Crippen LogP contribution in [0.2, 0.25) is 0 Å². The number of anilines is 5. The maximum absolute atomic E-state index is 14.6. The van der Waals surface area contributed by atoms with Crippen LogP contribution in [0.15, 0.2) is 43.0 Å². The van der Waals surface area contributed by atoms with Crippen LogP contribution in [0.3, 0.4) is 0 Å². The van der Waals surface area contributed by atoms with E-state index in [0.29, 0.717) is 23.9 Å². The maximum Gasteiger partial charge on any atom is 0.329 e. The van der Waals surface area contributed by atoms with Crippen molar-refractivity contribution in [1.29, 1.82) is 0 Å². The van der Waals surface area contributed by atoms with Gasteiger partial charge in [-0.05, 0) is 45.9 Å². The van der Waals surface area contributed by atoms with Gasteiger partial charge in [0.25, 0.3) is 0 Å². The lowest BCUT2D eigenvalue weighted by atomic mass is 10.1. The van der Waals surface area contributed by atoms with Crippen molar-refractivity contribution < 1.29 is 14.0 Å². The van der Waals surface area contributed by atoms with Gasteiger partial charge in [0.2, 0.25) is 0 Å².